The van der Waals surface area contributed by atoms with E-state index in [4.69, 9.17) is 5.14 Å². The van der Waals surface area contributed by atoms with Crippen molar-refractivity contribution in [2.45, 2.75) is 26.3 Å². The predicted octanol–water partition coefficient (Wildman–Crippen LogP) is -1.20. The van der Waals surface area contributed by atoms with Gasteiger partial charge in [0.2, 0.25) is 10.0 Å². The van der Waals surface area contributed by atoms with Crippen LogP contribution in [0.4, 0.5) is 0 Å². The molecule has 88 valence electrons. The molecule has 15 heavy (non-hydrogen) atoms. The number of sulfonamides is 1. The summed E-state index contributed by atoms with van der Waals surface area (Å²) in [7, 11) is -3.57. The third kappa shape index (κ3) is 8.22. The second-order valence-corrected chi connectivity index (χ2v) is 5.14. The van der Waals surface area contributed by atoms with Gasteiger partial charge in [0.05, 0.1) is 18.3 Å². The molecule has 1 atom stereocenters. The van der Waals surface area contributed by atoms with Crippen molar-refractivity contribution in [1.82, 2.24) is 5.32 Å². The third-order valence-corrected chi connectivity index (χ3v) is 2.58. The first kappa shape index (κ1) is 14.2. The number of rotatable bonds is 7. The van der Waals surface area contributed by atoms with Gasteiger partial charge in [-0.2, -0.15) is 0 Å². The van der Waals surface area contributed by atoms with Gasteiger partial charge in [0.1, 0.15) is 11.6 Å². The highest BCUT2D eigenvalue weighted by Crippen LogP contribution is 1.96. The van der Waals surface area contributed by atoms with E-state index in [-0.39, 0.29) is 30.3 Å². The minimum Gasteiger partial charge on any atom is -0.301 e. The summed E-state index contributed by atoms with van der Waals surface area (Å²) in [5, 5.41) is 7.48. The summed E-state index contributed by atoms with van der Waals surface area (Å²) >= 11 is 0. The van der Waals surface area contributed by atoms with E-state index in [0.717, 1.165) is 0 Å². The molecule has 0 heterocycles. The van der Waals surface area contributed by atoms with Crippen LogP contribution in [0.2, 0.25) is 0 Å². The molecule has 0 aliphatic carbocycles. The van der Waals surface area contributed by atoms with Crippen LogP contribution >= 0.6 is 0 Å². The SMILES string of the molecule is CC(=O)CNC(CCS(N)(=O)=O)C(C)=O. The van der Waals surface area contributed by atoms with Gasteiger partial charge in [0, 0.05) is 0 Å². The topological polar surface area (TPSA) is 106 Å². The molecule has 0 aromatic rings. The van der Waals surface area contributed by atoms with Crippen molar-refractivity contribution in [2.24, 2.45) is 5.14 Å². The summed E-state index contributed by atoms with van der Waals surface area (Å²) in [6.07, 6.45) is 0.0848. The Kier molecular flexibility index (Phi) is 5.63. The zero-order chi connectivity index (χ0) is 12.1. The van der Waals surface area contributed by atoms with Crippen molar-refractivity contribution < 1.29 is 18.0 Å². The Balaban J connectivity index is 4.17. The molecule has 0 radical (unpaired) electrons. The van der Waals surface area contributed by atoms with Gasteiger partial charge in [0.15, 0.2) is 0 Å². The molecule has 0 aliphatic rings. The van der Waals surface area contributed by atoms with E-state index < -0.39 is 16.1 Å². The lowest BCUT2D eigenvalue weighted by Gasteiger charge is -2.13. The molecule has 3 N–H and O–H groups in total. The highest BCUT2D eigenvalue weighted by atomic mass is 32.2. The highest BCUT2D eigenvalue weighted by Gasteiger charge is 2.16. The van der Waals surface area contributed by atoms with Gasteiger partial charge in [-0.3, -0.25) is 9.59 Å². The maximum absolute atomic E-state index is 11.1. The van der Waals surface area contributed by atoms with Gasteiger partial charge in [-0.1, -0.05) is 0 Å². The van der Waals surface area contributed by atoms with E-state index in [0.29, 0.717) is 0 Å². The molecule has 0 amide bonds. The zero-order valence-electron chi connectivity index (χ0n) is 8.82. The van der Waals surface area contributed by atoms with E-state index in [2.05, 4.69) is 5.32 Å². The number of carbonyl (C=O) groups is 2. The van der Waals surface area contributed by atoms with Crippen LogP contribution in [0.3, 0.4) is 0 Å². The second-order valence-electron chi connectivity index (χ2n) is 3.40. The Hall–Kier alpha value is -0.790. The fourth-order valence-corrected chi connectivity index (χ4v) is 1.56. The van der Waals surface area contributed by atoms with Crippen LogP contribution in [0.15, 0.2) is 0 Å². The largest absolute Gasteiger partial charge is 0.301 e. The lowest BCUT2D eigenvalue weighted by Crippen LogP contribution is -2.40. The van der Waals surface area contributed by atoms with Crippen LogP contribution in [0.1, 0.15) is 20.3 Å². The number of primary sulfonamides is 1. The number of ketones is 2. The van der Waals surface area contributed by atoms with E-state index in [1.54, 1.807) is 0 Å². The third-order valence-electron chi connectivity index (χ3n) is 1.78. The molecule has 6 nitrogen and oxygen atoms in total. The highest BCUT2D eigenvalue weighted by molar-refractivity contribution is 7.89. The second kappa shape index (κ2) is 5.94. The number of Topliss-reactive ketones (excluding diaryl/α,β-unsaturated/α-hetero) is 2. The van der Waals surface area contributed by atoms with E-state index in [1.807, 2.05) is 0 Å². The van der Waals surface area contributed by atoms with Crippen LogP contribution in [0.25, 0.3) is 0 Å². The van der Waals surface area contributed by atoms with Gasteiger partial charge in [-0.25, -0.2) is 13.6 Å². The molecule has 0 fully saturated rings. The first-order valence-corrected chi connectivity index (χ1v) is 6.17. The maximum atomic E-state index is 11.1. The van der Waals surface area contributed by atoms with Crippen molar-refractivity contribution in [3.8, 4) is 0 Å². The summed E-state index contributed by atoms with van der Waals surface area (Å²) < 4.78 is 21.3. The van der Waals surface area contributed by atoms with Crippen molar-refractivity contribution in [3.05, 3.63) is 0 Å². The average molecular weight is 236 g/mol. The molecule has 0 spiro atoms. The summed E-state index contributed by atoms with van der Waals surface area (Å²) in [5.41, 5.74) is 0. The van der Waals surface area contributed by atoms with Crippen LogP contribution in [-0.2, 0) is 19.6 Å². The maximum Gasteiger partial charge on any atom is 0.209 e. The van der Waals surface area contributed by atoms with E-state index >= 15 is 0 Å². The first-order chi connectivity index (χ1) is 6.72. The predicted molar refractivity (Wildman–Crippen MR) is 55.7 cm³/mol. The van der Waals surface area contributed by atoms with Crippen molar-refractivity contribution >= 4 is 21.6 Å². The Morgan fingerprint density at radius 2 is 1.87 bits per heavy atom. The number of carbonyl (C=O) groups excluding carboxylic acids is 2. The number of nitrogens with two attached hydrogens (primary N) is 1. The van der Waals surface area contributed by atoms with Crippen molar-refractivity contribution in [1.29, 1.82) is 0 Å². The van der Waals surface area contributed by atoms with Crippen LogP contribution in [0.5, 0.6) is 0 Å². The van der Waals surface area contributed by atoms with Crippen LogP contribution in [0, 0.1) is 0 Å². The van der Waals surface area contributed by atoms with Crippen molar-refractivity contribution in [2.75, 3.05) is 12.3 Å². The lowest BCUT2D eigenvalue weighted by atomic mass is 10.1. The van der Waals surface area contributed by atoms with Crippen molar-refractivity contribution in [3.63, 3.8) is 0 Å². The summed E-state index contributed by atoms with van der Waals surface area (Å²) in [5.74, 6) is -0.598. The monoisotopic (exact) mass is 236 g/mol. The number of nitrogens with one attached hydrogen (secondary N) is 1. The summed E-state index contributed by atoms with van der Waals surface area (Å²) in [4.78, 5) is 21.7. The molecule has 1 unspecified atom stereocenters. The number of hydrogen-bond acceptors (Lipinski definition) is 5. The molecule has 0 aromatic heterocycles. The molecule has 0 saturated carbocycles. The van der Waals surface area contributed by atoms with E-state index in [1.165, 1.54) is 13.8 Å². The molecular formula is C8H16N2O4S. The normalized spacial score (nSPS) is 13.5. The standard InChI is InChI=1S/C8H16N2O4S/c1-6(11)5-10-8(7(2)12)3-4-15(9,13)14/h8,10H,3-5H2,1-2H3,(H2,9,13,14). The summed E-state index contributed by atoms with van der Waals surface area (Å²) in [6.45, 7) is 2.76. The average Bonchev–Trinajstić information content (AvgIpc) is 2.00. The van der Waals surface area contributed by atoms with Crippen LogP contribution < -0.4 is 10.5 Å². The zero-order valence-corrected chi connectivity index (χ0v) is 9.63. The van der Waals surface area contributed by atoms with Gasteiger partial charge in [-0.05, 0) is 20.3 Å². The fraction of sp³-hybridized carbons (Fsp3) is 0.750. The van der Waals surface area contributed by atoms with Crippen LogP contribution in [-0.4, -0.2) is 38.3 Å². The minimum atomic E-state index is -3.57. The Bertz CT molecular complexity index is 337. The molecule has 7 heteroatoms. The first-order valence-electron chi connectivity index (χ1n) is 4.46. The van der Waals surface area contributed by atoms with Gasteiger partial charge in [0.25, 0.3) is 0 Å². The Morgan fingerprint density at radius 1 is 1.33 bits per heavy atom. The molecule has 0 rings (SSSR count). The quantitative estimate of drug-likeness (QED) is 0.577. The molecular weight excluding hydrogens is 220 g/mol. The van der Waals surface area contributed by atoms with Gasteiger partial charge >= 0.3 is 0 Å². The number of hydrogen-bond donors (Lipinski definition) is 2. The molecule has 0 aromatic carbocycles. The minimum absolute atomic E-state index is 0.0505. The molecule has 0 bridgehead atoms. The Labute approximate surface area is 89.3 Å². The van der Waals surface area contributed by atoms with Gasteiger partial charge < -0.3 is 5.32 Å². The molecule has 0 saturated heterocycles. The lowest BCUT2D eigenvalue weighted by molar-refractivity contribution is -0.119. The fourth-order valence-electron chi connectivity index (χ4n) is 0.998. The Morgan fingerprint density at radius 3 is 2.20 bits per heavy atom. The summed E-state index contributed by atoms with van der Waals surface area (Å²) in [6, 6.07) is -0.632. The van der Waals surface area contributed by atoms with E-state index in [9.17, 15) is 18.0 Å². The molecule has 0 aliphatic heterocycles. The smallest absolute Gasteiger partial charge is 0.209 e. The van der Waals surface area contributed by atoms with Gasteiger partial charge in [-0.15, -0.1) is 0 Å².